The van der Waals surface area contributed by atoms with Crippen LogP contribution in [0.25, 0.3) is 0 Å². The first-order valence-corrected chi connectivity index (χ1v) is 6.37. The second-order valence-electron chi connectivity index (χ2n) is 4.23. The molecule has 0 saturated heterocycles. The van der Waals surface area contributed by atoms with Crippen molar-refractivity contribution in [3.05, 3.63) is 59.9 Å². The lowest BCUT2D eigenvalue weighted by molar-refractivity contribution is 0.0985. The fourth-order valence-electron chi connectivity index (χ4n) is 2.03. The van der Waals surface area contributed by atoms with Crippen LogP contribution in [0, 0.1) is 5.82 Å². The van der Waals surface area contributed by atoms with Crippen LogP contribution in [-0.2, 0) is 0 Å². The van der Waals surface area contributed by atoms with Gasteiger partial charge in [-0.1, -0.05) is 12.1 Å². The van der Waals surface area contributed by atoms with Crippen LogP contribution in [0.15, 0.2) is 48.5 Å². The molecule has 3 nitrogen and oxygen atoms in total. The van der Waals surface area contributed by atoms with E-state index in [1.165, 1.54) is 19.2 Å². The summed E-state index contributed by atoms with van der Waals surface area (Å²) in [5.41, 5.74) is 1.14. The summed E-state index contributed by atoms with van der Waals surface area (Å²) in [6.45, 7) is 2.36. The molecule has 0 bridgehead atoms. The second kappa shape index (κ2) is 6.19. The average Bonchev–Trinajstić information content (AvgIpc) is 2.49. The third kappa shape index (κ3) is 2.79. The van der Waals surface area contributed by atoms with Crippen molar-refractivity contribution in [2.45, 2.75) is 6.92 Å². The van der Waals surface area contributed by atoms with Gasteiger partial charge in [0.05, 0.1) is 12.7 Å². The van der Waals surface area contributed by atoms with Crippen LogP contribution in [-0.4, -0.2) is 19.6 Å². The Bertz CT molecular complexity index is 596. The van der Waals surface area contributed by atoms with Crippen LogP contribution >= 0.6 is 0 Å². The number of amides is 1. The molecular weight excluding hydrogens is 257 g/mol. The molecule has 0 N–H and O–H groups in total. The van der Waals surface area contributed by atoms with Gasteiger partial charge < -0.3 is 9.64 Å². The number of halogens is 1. The molecule has 0 fully saturated rings. The maximum Gasteiger partial charge on any atom is 0.262 e. The van der Waals surface area contributed by atoms with Crippen molar-refractivity contribution in [1.29, 1.82) is 0 Å². The number of hydrogen-bond acceptors (Lipinski definition) is 2. The maximum absolute atomic E-state index is 13.0. The van der Waals surface area contributed by atoms with E-state index < -0.39 is 0 Å². The van der Waals surface area contributed by atoms with Crippen LogP contribution in [0.2, 0.25) is 0 Å². The first-order chi connectivity index (χ1) is 9.67. The molecule has 0 atom stereocenters. The molecule has 0 saturated carbocycles. The molecule has 1 amide bonds. The summed E-state index contributed by atoms with van der Waals surface area (Å²) in [5.74, 6) is 0.0316. The van der Waals surface area contributed by atoms with Crippen LogP contribution in [0.5, 0.6) is 5.75 Å². The van der Waals surface area contributed by atoms with Gasteiger partial charge in [0.25, 0.3) is 5.91 Å². The molecule has 2 rings (SSSR count). The van der Waals surface area contributed by atoms with E-state index in [1.54, 1.807) is 35.2 Å². The van der Waals surface area contributed by atoms with E-state index in [0.29, 0.717) is 23.5 Å². The number of ether oxygens (including phenoxy) is 1. The number of carbonyl (C=O) groups excluding carboxylic acids is 1. The molecule has 0 aliphatic rings. The highest BCUT2D eigenvalue weighted by atomic mass is 19.1. The highest BCUT2D eigenvalue weighted by Crippen LogP contribution is 2.23. The third-order valence-corrected chi connectivity index (χ3v) is 3.04. The smallest absolute Gasteiger partial charge is 0.262 e. The zero-order chi connectivity index (χ0) is 14.5. The molecule has 0 aromatic heterocycles. The summed E-state index contributed by atoms with van der Waals surface area (Å²) in [6, 6.07) is 12.9. The topological polar surface area (TPSA) is 29.5 Å². The van der Waals surface area contributed by atoms with E-state index in [0.717, 1.165) is 0 Å². The van der Waals surface area contributed by atoms with Crippen molar-refractivity contribution in [2.24, 2.45) is 0 Å². The summed E-state index contributed by atoms with van der Waals surface area (Å²) in [6.07, 6.45) is 0. The minimum Gasteiger partial charge on any atom is -0.496 e. The van der Waals surface area contributed by atoms with Gasteiger partial charge in [0, 0.05) is 12.2 Å². The van der Waals surface area contributed by atoms with E-state index in [4.69, 9.17) is 4.74 Å². The summed E-state index contributed by atoms with van der Waals surface area (Å²) in [4.78, 5) is 14.2. The van der Waals surface area contributed by atoms with E-state index in [9.17, 15) is 9.18 Å². The van der Waals surface area contributed by atoms with Crippen molar-refractivity contribution in [2.75, 3.05) is 18.6 Å². The van der Waals surface area contributed by atoms with Gasteiger partial charge in [0.2, 0.25) is 0 Å². The number of nitrogens with zero attached hydrogens (tertiary/aromatic N) is 1. The number of carbonyl (C=O) groups is 1. The van der Waals surface area contributed by atoms with Gasteiger partial charge >= 0.3 is 0 Å². The summed E-state index contributed by atoms with van der Waals surface area (Å²) < 4.78 is 18.2. The summed E-state index contributed by atoms with van der Waals surface area (Å²) in [7, 11) is 1.53. The fourth-order valence-corrected chi connectivity index (χ4v) is 2.03. The largest absolute Gasteiger partial charge is 0.496 e. The summed E-state index contributed by atoms with van der Waals surface area (Å²) >= 11 is 0. The molecule has 4 heteroatoms. The van der Waals surface area contributed by atoms with Crippen molar-refractivity contribution in [1.82, 2.24) is 0 Å². The normalized spacial score (nSPS) is 10.2. The number of methoxy groups -OCH3 is 1. The quantitative estimate of drug-likeness (QED) is 0.853. The third-order valence-electron chi connectivity index (χ3n) is 3.04. The SMILES string of the molecule is CCN(C(=O)c1ccccc1OC)c1ccc(F)cc1. The average molecular weight is 273 g/mol. The lowest BCUT2D eigenvalue weighted by Gasteiger charge is -2.22. The zero-order valence-corrected chi connectivity index (χ0v) is 11.5. The Labute approximate surface area is 117 Å². The Kier molecular flexibility index (Phi) is 4.35. The Balaban J connectivity index is 2.36. The number of para-hydroxylation sites is 1. The standard InChI is InChI=1S/C16H16FNO2/c1-3-18(13-10-8-12(17)9-11-13)16(19)14-6-4-5-7-15(14)20-2/h4-11H,3H2,1-2H3. The van der Waals surface area contributed by atoms with Crippen LogP contribution in [0.4, 0.5) is 10.1 Å². The molecule has 0 spiro atoms. The van der Waals surface area contributed by atoms with Crippen molar-refractivity contribution >= 4 is 11.6 Å². The number of hydrogen-bond donors (Lipinski definition) is 0. The monoisotopic (exact) mass is 273 g/mol. The van der Waals surface area contributed by atoms with Crippen molar-refractivity contribution in [3.63, 3.8) is 0 Å². The van der Waals surface area contributed by atoms with Crippen LogP contribution in [0.1, 0.15) is 17.3 Å². The van der Waals surface area contributed by atoms with E-state index >= 15 is 0 Å². The first-order valence-electron chi connectivity index (χ1n) is 6.37. The van der Waals surface area contributed by atoms with Gasteiger partial charge in [-0.15, -0.1) is 0 Å². The summed E-state index contributed by atoms with van der Waals surface area (Å²) in [5, 5.41) is 0. The van der Waals surface area contributed by atoms with Gasteiger partial charge in [-0.2, -0.15) is 0 Å². The second-order valence-corrected chi connectivity index (χ2v) is 4.23. The van der Waals surface area contributed by atoms with Crippen molar-refractivity contribution in [3.8, 4) is 5.75 Å². The first kappa shape index (κ1) is 14.1. The predicted molar refractivity (Wildman–Crippen MR) is 76.7 cm³/mol. The molecule has 104 valence electrons. The Morgan fingerprint density at radius 3 is 2.40 bits per heavy atom. The van der Waals surface area contributed by atoms with E-state index in [1.807, 2.05) is 13.0 Å². The molecular formula is C16H16FNO2. The Hall–Kier alpha value is -2.36. The highest BCUT2D eigenvalue weighted by Gasteiger charge is 2.19. The van der Waals surface area contributed by atoms with Gasteiger partial charge in [0.15, 0.2) is 0 Å². The van der Waals surface area contributed by atoms with E-state index in [2.05, 4.69) is 0 Å². The molecule has 0 radical (unpaired) electrons. The number of rotatable bonds is 4. The fraction of sp³-hybridized carbons (Fsp3) is 0.188. The minimum atomic E-state index is -0.324. The molecule has 2 aromatic carbocycles. The predicted octanol–water partition coefficient (Wildman–Crippen LogP) is 3.50. The van der Waals surface area contributed by atoms with Gasteiger partial charge in [-0.25, -0.2) is 4.39 Å². The number of anilines is 1. The molecule has 2 aromatic rings. The number of benzene rings is 2. The molecule has 0 heterocycles. The molecule has 20 heavy (non-hydrogen) atoms. The van der Waals surface area contributed by atoms with Gasteiger partial charge in [0.1, 0.15) is 11.6 Å². The van der Waals surface area contributed by atoms with Crippen LogP contribution < -0.4 is 9.64 Å². The Morgan fingerprint density at radius 2 is 1.80 bits per heavy atom. The lowest BCUT2D eigenvalue weighted by Crippen LogP contribution is -2.30. The minimum absolute atomic E-state index is 0.170. The van der Waals surface area contributed by atoms with Gasteiger partial charge in [-0.3, -0.25) is 4.79 Å². The maximum atomic E-state index is 13.0. The lowest BCUT2D eigenvalue weighted by atomic mass is 10.1. The van der Waals surface area contributed by atoms with Crippen molar-refractivity contribution < 1.29 is 13.9 Å². The van der Waals surface area contributed by atoms with E-state index in [-0.39, 0.29) is 11.7 Å². The Morgan fingerprint density at radius 1 is 1.15 bits per heavy atom. The van der Waals surface area contributed by atoms with Gasteiger partial charge in [-0.05, 0) is 43.3 Å². The van der Waals surface area contributed by atoms with Crippen LogP contribution in [0.3, 0.4) is 0 Å². The highest BCUT2D eigenvalue weighted by molar-refractivity contribution is 6.07. The molecule has 0 aliphatic carbocycles. The zero-order valence-electron chi connectivity index (χ0n) is 11.5. The molecule has 0 aliphatic heterocycles. The molecule has 0 unspecified atom stereocenters.